The van der Waals surface area contributed by atoms with E-state index < -0.39 is 11.9 Å². The third-order valence-electron chi connectivity index (χ3n) is 7.39. The second-order valence-electron chi connectivity index (χ2n) is 10.3. The van der Waals surface area contributed by atoms with Gasteiger partial charge in [-0.3, -0.25) is 0 Å². The first-order valence-corrected chi connectivity index (χ1v) is 15.2. The van der Waals surface area contributed by atoms with Crippen molar-refractivity contribution in [3.63, 3.8) is 0 Å². The number of furan rings is 1. The van der Waals surface area contributed by atoms with Gasteiger partial charge in [0.25, 0.3) is 0 Å². The first-order valence-electron chi connectivity index (χ1n) is 14.0. The number of ether oxygens (including phenoxy) is 4. The summed E-state index contributed by atoms with van der Waals surface area (Å²) in [7, 11) is 0. The second kappa shape index (κ2) is 12.6. The average Bonchev–Trinajstić information content (AvgIpc) is 3.36. The van der Waals surface area contributed by atoms with Gasteiger partial charge in [0.2, 0.25) is 11.6 Å². The van der Waals surface area contributed by atoms with Crippen LogP contribution >= 0.6 is 27.5 Å². The minimum Gasteiger partial charge on any atom is -0.490 e. The minimum atomic E-state index is -0.649. The van der Waals surface area contributed by atoms with Crippen LogP contribution in [-0.2, 0) is 6.61 Å². The van der Waals surface area contributed by atoms with Crippen LogP contribution in [0.25, 0.3) is 11.0 Å². The van der Waals surface area contributed by atoms with Crippen LogP contribution in [0.2, 0.25) is 5.02 Å². The molecule has 1 aromatic heterocycles. The lowest BCUT2D eigenvalue weighted by molar-refractivity contribution is 0.0702. The number of carbonyl (C=O) groups is 1. The summed E-state index contributed by atoms with van der Waals surface area (Å²) in [6.45, 7) is 4.41. The standard InChI is InChI=1S/C35H26BrClN2O6/c1-3-41-31-14-21(6-12-29(31)42-18-20-4-8-23(37)9-5-20)32-25-11-10-24(16-30(25)45-34(39)27(32)17-38)43-35(40)33-19(2)26-15-22(36)7-13-28(26)44-33/h4-16,32H,3,18,39H2,1-2H3. The Kier molecular flexibility index (Phi) is 8.44. The highest BCUT2D eigenvalue weighted by molar-refractivity contribution is 9.10. The van der Waals surface area contributed by atoms with Gasteiger partial charge in [0, 0.05) is 32.1 Å². The number of esters is 1. The van der Waals surface area contributed by atoms with Gasteiger partial charge in [0.15, 0.2) is 11.5 Å². The molecule has 0 spiro atoms. The molecule has 2 heterocycles. The van der Waals surface area contributed by atoms with Crippen LogP contribution < -0.4 is 24.7 Å². The van der Waals surface area contributed by atoms with Gasteiger partial charge in [0.05, 0.1) is 12.5 Å². The molecular formula is C35H26BrClN2O6. The van der Waals surface area contributed by atoms with Crippen molar-refractivity contribution in [3.05, 3.63) is 128 Å². The molecule has 5 aromatic rings. The van der Waals surface area contributed by atoms with Gasteiger partial charge in [-0.25, -0.2) is 4.79 Å². The lowest BCUT2D eigenvalue weighted by atomic mass is 9.83. The first kappa shape index (κ1) is 30.1. The number of rotatable bonds is 8. The molecule has 6 rings (SSSR count). The molecule has 1 aliphatic heterocycles. The molecule has 10 heteroatoms. The number of hydrogen-bond acceptors (Lipinski definition) is 8. The zero-order chi connectivity index (χ0) is 31.7. The molecule has 4 aromatic carbocycles. The van der Waals surface area contributed by atoms with E-state index in [1.807, 2.05) is 43.3 Å². The number of allylic oxidation sites excluding steroid dienone is 1. The van der Waals surface area contributed by atoms with Gasteiger partial charge in [-0.05, 0) is 73.5 Å². The van der Waals surface area contributed by atoms with E-state index in [0.717, 1.165) is 21.0 Å². The number of halogens is 2. The molecule has 0 fully saturated rings. The highest BCUT2D eigenvalue weighted by atomic mass is 79.9. The summed E-state index contributed by atoms with van der Waals surface area (Å²) < 4.78 is 30.2. The molecule has 0 amide bonds. The third-order valence-corrected chi connectivity index (χ3v) is 8.14. The number of nitrogens with two attached hydrogens (primary N) is 1. The Hall–Kier alpha value is -4.91. The van der Waals surface area contributed by atoms with E-state index in [9.17, 15) is 10.1 Å². The average molecular weight is 686 g/mol. The van der Waals surface area contributed by atoms with E-state index in [1.54, 1.807) is 49.4 Å². The van der Waals surface area contributed by atoms with Gasteiger partial charge in [0.1, 0.15) is 35.3 Å². The van der Waals surface area contributed by atoms with Gasteiger partial charge >= 0.3 is 5.97 Å². The van der Waals surface area contributed by atoms with Crippen LogP contribution in [0, 0.1) is 18.3 Å². The third kappa shape index (κ3) is 6.07. The van der Waals surface area contributed by atoms with Crippen molar-refractivity contribution in [3.8, 4) is 29.1 Å². The number of benzene rings is 4. The number of nitriles is 1. The fourth-order valence-corrected chi connectivity index (χ4v) is 5.70. The van der Waals surface area contributed by atoms with Crippen LogP contribution in [0.3, 0.4) is 0 Å². The normalized spacial score (nSPS) is 14.0. The molecule has 0 saturated heterocycles. The van der Waals surface area contributed by atoms with Crippen molar-refractivity contribution in [2.24, 2.45) is 5.73 Å². The molecule has 0 bridgehead atoms. The Morgan fingerprint density at radius 1 is 1.02 bits per heavy atom. The summed E-state index contributed by atoms with van der Waals surface area (Å²) in [5, 5.41) is 11.5. The van der Waals surface area contributed by atoms with Gasteiger partial charge in [-0.1, -0.05) is 51.8 Å². The molecule has 226 valence electrons. The largest absolute Gasteiger partial charge is 0.490 e. The molecule has 1 unspecified atom stereocenters. The van der Waals surface area contributed by atoms with E-state index in [4.69, 9.17) is 40.7 Å². The van der Waals surface area contributed by atoms with Crippen molar-refractivity contribution < 1.29 is 28.2 Å². The smallest absolute Gasteiger partial charge is 0.379 e. The first-order chi connectivity index (χ1) is 21.7. The Labute approximate surface area is 272 Å². The Morgan fingerprint density at radius 2 is 1.82 bits per heavy atom. The highest BCUT2D eigenvalue weighted by Gasteiger charge is 2.32. The molecule has 2 N–H and O–H groups in total. The fourth-order valence-electron chi connectivity index (χ4n) is 5.22. The maximum absolute atomic E-state index is 13.1. The fraction of sp³-hybridized carbons (Fsp3) is 0.143. The van der Waals surface area contributed by atoms with Crippen LogP contribution in [0.1, 0.15) is 45.7 Å². The molecule has 1 aliphatic rings. The number of hydrogen-bond donors (Lipinski definition) is 1. The second-order valence-corrected chi connectivity index (χ2v) is 11.6. The lowest BCUT2D eigenvalue weighted by Crippen LogP contribution is -2.21. The minimum absolute atomic E-state index is 0.0433. The Balaban J connectivity index is 1.29. The van der Waals surface area contributed by atoms with Crippen molar-refractivity contribution in [2.75, 3.05) is 6.61 Å². The molecule has 0 saturated carbocycles. The number of nitrogens with zero attached hydrogens (tertiary/aromatic N) is 1. The zero-order valence-corrected chi connectivity index (χ0v) is 26.6. The zero-order valence-electron chi connectivity index (χ0n) is 24.2. The predicted molar refractivity (Wildman–Crippen MR) is 173 cm³/mol. The monoisotopic (exact) mass is 684 g/mol. The van der Waals surface area contributed by atoms with Crippen molar-refractivity contribution in [1.29, 1.82) is 5.26 Å². The number of fused-ring (bicyclic) bond motifs is 2. The highest BCUT2D eigenvalue weighted by Crippen LogP contribution is 2.45. The van der Waals surface area contributed by atoms with Crippen molar-refractivity contribution in [2.45, 2.75) is 26.4 Å². The van der Waals surface area contributed by atoms with E-state index in [1.165, 1.54) is 0 Å². The molecule has 8 nitrogen and oxygen atoms in total. The van der Waals surface area contributed by atoms with Gasteiger partial charge < -0.3 is 29.1 Å². The van der Waals surface area contributed by atoms with E-state index in [0.29, 0.717) is 52.2 Å². The van der Waals surface area contributed by atoms with E-state index in [-0.39, 0.29) is 23.0 Å². The number of aryl methyl sites for hydroxylation is 1. The summed E-state index contributed by atoms with van der Waals surface area (Å²) in [5.41, 5.74) is 10.1. The molecule has 0 radical (unpaired) electrons. The van der Waals surface area contributed by atoms with Crippen molar-refractivity contribution >= 4 is 44.5 Å². The van der Waals surface area contributed by atoms with Crippen LogP contribution in [0.15, 0.2) is 99.2 Å². The maximum atomic E-state index is 13.1. The van der Waals surface area contributed by atoms with Crippen LogP contribution in [0.4, 0.5) is 0 Å². The predicted octanol–water partition coefficient (Wildman–Crippen LogP) is 8.57. The molecule has 45 heavy (non-hydrogen) atoms. The van der Waals surface area contributed by atoms with Gasteiger partial charge in [-0.2, -0.15) is 5.26 Å². The molecule has 0 aliphatic carbocycles. The van der Waals surface area contributed by atoms with Crippen LogP contribution in [0.5, 0.6) is 23.0 Å². The quantitative estimate of drug-likeness (QED) is 0.128. The van der Waals surface area contributed by atoms with Crippen molar-refractivity contribution in [1.82, 2.24) is 0 Å². The topological polar surface area (TPSA) is 117 Å². The lowest BCUT2D eigenvalue weighted by Gasteiger charge is -2.27. The summed E-state index contributed by atoms with van der Waals surface area (Å²) in [6, 6.07) is 25.6. The SMILES string of the molecule is CCOc1cc(C2C(C#N)=C(N)Oc3cc(OC(=O)c4oc5ccc(Br)cc5c4C)ccc32)ccc1OCc1ccc(Cl)cc1. The summed E-state index contributed by atoms with van der Waals surface area (Å²) in [5.74, 6) is 0.500. The summed E-state index contributed by atoms with van der Waals surface area (Å²) in [4.78, 5) is 13.1. The maximum Gasteiger partial charge on any atom is 0.379 e. The van der Waals surface area contributed by atoms with Gasteiger partial charge in [-0.15, -0.1) is 0 Å². The molecular weight excluding hydrogens is 660 g/mol. The summed E-state index contributed by atoms with van der Waals surface area (Å²) >= 11 is 9.45. The van der Waals surface area contributed by atoms with E-state index >= 15 is 0 Å². The van der Waals surface area contributed by atoms with E-state index in [2.05, 4.69) is 22.0 Å². The molecule has 1 atom stereocenters. The number of carbonyl (C=O) groups excluding carboxylic acids is 1. The Bertz CT molecular complexity index is 2010. The van der Waals surface area contributed by atoms with Crippen LogP contribution in [-0.4, -0.2) is 12.6 Å². The Morgan fingerprint density at radius 3 is 2.58 bits per heavy atom. The summed E-state index contributed by atoms with van der Waals surface area (Å²) in [6.07, 6.45) is 0.